The maximum Gasteiger partial charge on any atom is 0.369 e. The van der Waals surface area contributed by atoms with Crippen molar-refractivity contribution < 1.29 is 4.92 Å². The van der Waals surface area contributed by atoms with E-state index >= 15 is 0 Å². The van der Waals surface area contributed by atoms with E-state index in [4.69, 9.17) is 0 Å². The molecule has 1 fully saturated rings. The first-order valence-electron chi connectivity index (χ1n) is 6.36. The van der Waals surface area contributed by atoms with E-state index in [9.17, 15) is 10.1 Å². The van der Waals surface area contributed by atoms with Crippen molar-refractivity contribution in [2.75, 3.05) is 17.2 Å². The minimum absolute atomic E-state index is 0.0927. The lowest BCUT2D eigenvalue weighted by molar-refractivity contribution is -0.379. The Morgan fingerprint density at radius 2 is 2.17 bits per heavy atom. The summed E-state index contributed by atoms with van der Waals surface area (Å²) < 4.78 is 0. The summed E-state index contributed by atoms with van der Waals surface area (Å²) in [5.74, 6) is 0.380. The number of hydrogen-bond donors (Lipinski definition) is 2. The van der Waals surface area contributed by atoms with Gasteiger partial charge in [0, 0.05) is 12.6 Å². The normalized spacial score (nSPS) is 16.5. The number of nitrogens with one attached hydrogen (secondary N) is 2. The van der Waals surface area contributed by atoms with Gasteiger partial charge in [-0.25, -0.2) is 0 Å². The molecular weight excluding hydrogens is 252 g/mol. The molecule has 100 valence electrons. The van der Waals surface area contributed by atoms with E-state index in [0.29, 0.717) is 23.5 Å². The third kappa shape index (κ3) is 3.10. The van der Waals surface area contributed by atoms with Crippen LogP contribution in [-0.4, -0.2) is 22.5 Å². The Balaban J connectivity index is 2.07. The predicted molar refractivity (Wildman–Crippen MR) is 73.4 cm³/mol. The summed E-state index contributed by atoms with van der Waals surface area (Å²) in [6.07, 6.45) is 6.00. The van der Waals surface area contributed by atoms with E-state index in [-0.39, 0.29) is 9.92 Å². The van der Waals surface area contributed by atoms with Crippen molar-refractivity contribution in [3.05, 3.63) is 10.1 Å². The highest BCUT2D eigenvalue weighted by molar-refractivity contribution is 7.19. The fourth-order valence-electron chi connectivity index (χ4n) is 2.20. The second-order valence-electron chi connectivity index (χ2n) is 4.44. The van der Waals surface area contributed by atoms with Crippen LogP contribution in [0.2, 0.25) is 0 Å². The molecule has 0 aliphatic heterocycles. The third-order valence-electron chi connectivity index (χ3n) is 3.05. The monoisotopic (exact) mass is 270 g/mol. The van der Waals surface area contributed by atoms with Crippen LogP contribution in [0.25, 0.3) is 0 Å². The van der Waals surface area contributed by atoms with Crippen molar-refractivity contribution in [2.24, 2.45) is 0 Å². The van der Waals surface area contributed by atoms with E-state index in [0.717, 1.165) is 24.2 Å². The fraction of sp³-hybridized carbons (Fsp3) is 0.727. The molecule has 0 spiro atoms. The number of rotatable bonds is 5. The Bertz CT molecular complexity index is 415. The van der Waals surface area contributed by atoms with Gasteiger partial charge in [0.25, 0.3) is 0 Å². The van der Waals surface area contributed by atoms with Crippen LogP contribution >= 0.6 is 11.3 Å². The SMILES string of the molecule is CCNc1nc(NC2CCCCC2)sc1[N+](=O)[O-]. The van der Waals surface area contributed by atoms with Gasteiger partial charge in [-0.1, -0.05) is 19.3 Å². The summed E-state index contributed by atoms with van der Waals surface area (Å²) in [6.45, 7) is 2.53. The van der Waals surface area contributed by atoms with Crippen molar-refractivity contribution in [1.29, 1.82) is 0 Å². The van der Waals surface area contributed by atoms with Gasteiger partial charge < -0.3 is 10.6 Å². The van der Waals surface area contributed by atoms with Crippen molar-refractivity contribution >= 4 is 27.3 Å². The van der Waals surface area contributed by atoms with Gasteiger partial charge in [-0.3, -0.25) is 10.1 Å². The first-order valence-corrected chi connectivity index (χ1v) is 7.18. The van der Waals surface area contributed by atoms with Crippen LogP contribution < -0.4 is 10.6 Å². The number of aromatic nitrogens is 1. The number of nitro groups is 1. The van der Waals surface area contributed by atoms with Crippen molar-refractivity contribution in [3.8, 4) is 0 Å². The molecule has 0 bridgehead atoms. The van der Waals surface area contributed by atoms with Gasteiger partial charge in [0.1, 0.15) is 0 Å². The molecule has 1 heterocycles. The standard InChI is InChI=1S/C11H18N4O2S/c1-2-12-9-10(15(16)17)18-11(14-9)13-8-6-4-3-5-7-8/h8,12H,2-7H2,1H3,(H,13,14). The topological polar surface area (TPSA) is 80.1 Å². The highest BCUT2D eigenvalue weighted by atomic mass is 32.1. The van der Waals surface area contributed by atoms with Gasteiger partial charge in [-0.05, 0) is 31.1 Å². The quantitative estimate of drug-likeness (QED) is 0.634. The molecule has 0 saturated heterocycles. The predicted octanol–water partition coefficient (Wildman–Crippen LogP) is 3.23. The van der Waals surface area contributed by atoms with Crippen LogP contribution in [0.3, 0.4) is 0 Å². The van der Waals surface area contributed by atoms with Gasteiger partial charge >= 0.3 is 5.00 Å². The number of hydrogen-bond acceptors (Lipinski definition) is 6. The zero-order valence-electron chi connectivity index (χ0n) is 10.4. The molecule has 18 heavy (non-hydrogen) atoms. The van der Waals surface area contributed by atoms with Gasteiger partial charge in [-0.2, -0.15) is 4.98 Å². The number of anilines is 2. The summed E-state index contributed by atoms with van der Waals surface area (Å²) in [6, 6.07) is 0.416. The molecule has 1 aliphatic carbocycles. The Morgan fingerprint density at radius 1 is 1.44 bits per heavy atom. The number of nitrogens with zero attached hydrogens (tertiary/aromatic N) is 2. The molecule has 0 amide bonds. The summed E-state index contributed by atoms with van der Waals surface area (Å²) in [7, 11) is 0. The van der Waals surface area contributed by atoms with Crippen LogP contribution in [0.5, 0.6) is 0 Å². The van der Waals surface area contributed by atoms with Gasteiger partial charge in [-0.15, -0.1) is 0 Å². The Hall–Kier alpha value is -1.37. The Labute approximate surface area is 110 Å². The van der Waals surface area contributed by atoms with Gasteiger partial charge in [0.2, 0.25) is 5.82 Å². The van der Waals surface area contributed by atoms with Crippen LogP contribution in [0.15, 0.2) is 0 Å². The molecule has 1 saturated carbocycles. The van der Waals surface area contributed by atoms with E-state index in [1.807, 2.05) is 6.92 Å². The first kappa shape index (κ1) is 13.1. The highest BCUT2D eigenvalue weighted by Crippen LogP contribution is 2.35. The molecule has 0 radical (unpaired) electrons. The zero-order valence-corrected chi connectivity index (χ0v) is 11.3. The van der Waals surface area contributed by atoms with Gasteiger partial charge in [0.05, 0.1) is 4.92 Å². The average molecular weight is 270 g/mol. The summed E-state index contributed by atoms with van der Waals surface area (Å²) in [5.41, 5.74) is 0. The largest absolute Gasteiger partial charge is 0.369 e. The molecule has 0 unspecified atom stereocenters. The molecule has 1 aliphatic rings. The molecule has 6 nitrogen and oxygen atoms in total. The van der Waals surface area contributed by atoms with Crippen LogP contribution in [0.1, 0.15) is 39.0 Å². The maximum absolute atomic E-state index is 10.9. The molecule has 1 aromatic heterocycles. The Morgan fingerprint density at radius 3 is 2.78 bits per heavy atom. The summed E-state index contributed by atoms with van der Waals surface area (Å²) in [5, 5.41) is 17.9. The maximum atomic E-state index is 10.9. The molecule has 0 aromatic carbocycles. The summed E-state index contributed by atoms with van der Waals surface area (Å²) >= 11 is 1.12. The van der Waals surface area contributed by atoms with E-state index in [2.05, 4.69) is 15.6 Å². The average Bonchev–Trinajstić information content (AvgIpc) is 2.74. The number of thiazole rings is 1. The van der Waals surface area contributed by atoms with Crippen LogP contribution in [0.4, 0.5) is 16.0 Å². The highest BCUT2D eigenvalue weighted by Gasteiger charge is 2.22. The lowest BCUT2D eigenvalue weighted by Crippen LogP contribution is -2.22. The molecule has 2 rings (SSSR count). The minimum Gasteiger partial charge on any atom is -0.364 e. The van der Waals surface area contributed by atoms with Crippen LogP contribution in [-0.2, 0) is 0 Å². The van der Waals surface area contributed by atoms with Gasteiger partial charge in [0.15, 0.2) is 5.13 Å². The lowest BCUT2D eigenvalue weighted by atomic mass is 9.96. The second kappa shape index (κ2) is 5.99. The molecule has 0 atom stereocenters. The molecule has 1 aromatic rings. The van der Waals surface area contributed by atoms with Crippen molar-refractivity contribution in [2.45, 2.75) is 45.1 Å². The smallest absolute Gasteiger partial charge is 0.364 e. The van der Waals surface area contributed by atoms with Crippen molar-refractivity contribution in [3.63, 3.8) is 0 Å². The first-order chi connectivity index (χ1) is 8.70. The Kier molecular flexibility index (Phi) is 4.35. The molecule has 7 heteroatoms. The zero-order chi connectivity index (χ0) is 13.0. The second-order valence-corrected chi connectivity index (χ2v) is 5.42. The van der Waals surface area contributed by atoms with E-state index in [1.165, 1.54) is 19.3 Å². The lowest BCUT2D eigenvalue weighted by Gasteiger charge is -2.21. The third-order valence-corrected chi connectivity index (χ3v) is 3.99. The molecular formula is C11H18N4O2S. The van der Waals surface area contributed by atoms with Crippen LogP contribution in [0, 0.1) is 10.1 Å². The van der Waals surface area contributed by atoms with Crippen molar-refractivity contribution in [1.82, 2.24) is 4.98 Å². The minimum atomic E-state index is -0.373. The van der Waals surface area contributed by atoms with E-state index < -0.39 is 0 Å². The fourth-order valence-corrected chi connectivity index (χ4v) is 3.04. The summed E-state index contributed by atoms with van der Waals surface area (Å²) in [4.78, 5) is 14.8. The van der Waals surface area contributed by atoms with E-state index in [1.54, 1.807) is 0 Å². The molecule has 2 N–H and O–H groups in total.